The molecule has 2 saturated heterocycles. The highest BCUT2D eigenvalue weighted by atomic mass is 19.1. The molecule has 7 heteroatoms. The van der Waals surface area contributed by atoms with Gasteiger partial charge in [0.15, 0.2) is 0 Å². The van der Waals surface area contributed by atoms with Crippen LogP contribution in [0.4, 0.5) is 10.1 Å². The van der Waals surface area contributed by atoms with Gasteiger partial charge in [-0.1, -0.05) is 12.8 Å². The number of benzene rings is 1. The van der Waals surface area contributed by atoms with E-state index in [1.807, 2.05) is 4.90 Å². The lowest BCUT2D eigenvalue weighted by Crippen LogP contribution is -2.50. The lowest BCUT2D eigenvalue weighted by Gasteiger charge is -2.35. The molecule has 0 bridgehead atoms. The molecule has 2 fully saturated rings. The molecule has 0 atom stereocenters. The first-order valence-corrected chi connectivity index (χ1v) is 10.4. The minimum absolute atomic E-state index is 0.0645. The zero-order valence-electron chi connectivity index (χ0n) is 16.5. The maximum atomic E-state index is 12.9. The van der Waals surface area contributed by atoms with Gasteiger partial charge in [-0.15, -0.1) is 0 Å². The number of carbonyl (C=O) groups is 2. The van der Waals surface area contributed by atoms with Crippen LogP contribution in [0.3, 0.4) is 0 Å². The van der Waals surface area contributed by atoms with E-state index in [1.165, 1.54) is 25.0 Å². The SMILES string of the molecule is O=C(CCN1CCN(CC(=O)N2CCCCCC2)CC1)Nc1ccc(F)cc1. The predicted molar refractivity (Wildman–Crippen MR) is 108 cm³/mol. The third-order valence-corrected chi connectivity index (χ3v) is 5.57. The molecule has 28 heavy (non-hydrogen) atoms. The molecule has 154 valence electrons. The summed E-state index contributed by atoms with van der Waals surface area (Å²) in [6.07, 6.45) is 5.12. The summed E-state index contributed by atoms with van der Waals surface area (Å²) < 4.78 is 12.9. The molecule has 0 aromatic heterocycles. The molecule has 2 heterocycles. The molecule has 2 aliphatic rings. The Kier molecular flexibility index (Phi) is 7.80. The van der Waals surface area contributed by atoms with Crippen LogP contribution in [0.5, 0.6) is 0 Å². The van der Waals surface area contributed by atoms with E-state index in [-0.39, 0.29) is 17.6 Å². The second-order valence-corrected chi connectivity index (χ2v) is 7.72. The Labute approximate surface area is 166 Å². The second kappa shape index (κ2) is 10.5. The first-order valence-electron chi connectivity index (χ1n) is 10.4. The van der Waals surface area contributed by atoms with E-state index in [2.05, 4.69) is 15.1 Å². The zero-order valence-corrected chi connectivity index (χ0v) is 16.5. The van der Waals surface area contributed by atoms with E-state index in [0.717, 1.165) is 52.1 Å². The summed E-state index contributed by atoms with van der Waals surface area (Å²) in [5.41, 5.74) is 0.614. The van der Waals surface area contributed by atoms with Crippen LogP contribution in [0.2, 0.25) is 0 Å². The van der Waals surface area contributed by atoms with Crippen LogP contribution in [-0.4, -0.2) is 78.9 Å². The maximum absolute atomic E-state index is 12.9. The molecule has 0 radical (unpaired) electrons. The Morgan fingerprint density at radius 2 is 1.46 bits per heavy atom. The smallest absolute Gasteiger partial charge is 0.236 e. The summed E-state index contributed by atoms with van der Waals surface area (Å²) in [6, 6.07) is 5.80. The van der Waals surface area contributed by atoms with Gasteiger partial charge in [-0.05, 0) is 37.1 Å². The number of likely N-dealkylation sites (tertiary alicyclic amines) is 1. The fourth-order valence-electron chi connectivity index (χ4n) is 3.80. The van der Waals surface area contributed by atoms with Gasteiger partial charge in [-0.3, -0.25) is 14.5 Å². The molecule has 1 aromatic carbocycles. The van der Waals surface area contributed by atoms with Crippen LogP contribution in [0.25, 0.3) is 0 Å². The van der Waals surface area contributed by atoms with Crippen molar-refractivity contribution in [2.75, 3.05) is 57.7 Å². The Balaban J connectivity index is 1.33. The molecule has 2 amide bonds. The van der Waals surface area contributed by atoms with Gasteiger partial charge in [-0.2, -0.15) is 0 Å². The largest absolute Gasteiger partial charge is 0.342 e. The highest BCUT2D eigenvalue weighted by Gasteiger charge is 2.22. The molecule has 1 N–H and O–H groups in total. The third kappa shape index (κ3) is 6.56. The van der Waals surface area contributed by atoms with Crippen LogP contribution < -0.4 is 5.32 Å². The lowest BCUT2D eigenvalue weighted by atomic mass is 10.2. The maximum Gasteiger partial charge on any atom is 0.236 e. The van der Waals surface area contributed by atoms with Gasteiger partial charge in [0, 0.05) is 57.9 Å². The molecule has 0 unspecified atom stereocenters. The molecule has 0 spiro atoms. The van der Waals surface area contributed by atoms with Gasteiger partial charge >= 0.3 is 0 Å². The van der Waals surface area contributed by atoms with Crippen molar-refractivity contribution in [3.8, 4) is 0 Å². The first kappa shape index (κ1) is 20.7. The number of piperazine rings is 1. The van der Waals surface area contributed by atoms with E-state index < -0.39 is 0 Å². The molecule has 2 aliphatic heterocycles. The van der Waals surface area contributed by atoms with Gasteiger partial charge in [-0.25, -0.2) is 4.39 Å². The molecule has 0 saturated carbocycles. The van der Waals surface area contributed by atoms with Crippen molar-refractivity contribution in [2.45, 2.75) is 32.1 Å². The van der Waals surface area contributed by atoms with Gasteiger partial charge < -0.3 is 15.1 Å². The topological polar surface area (TPSA) is 55.9 Å². The Hall–Kier alpha value is -1.99. The molecule has 0 aliphatic carbocycles. The monoisotopic (exact) mass is 390 g/mol. The molecule has 3 rings (SSSR count). The quantitative estimate of drug-likeness (QED) is 0.809. The van der Waals surface area contributed by atoms with Gasteiger partial charge in [0.1, 0.15) is 5.82 Å². The summed E-state index contributed by atoms with van der Waals surface area (Å²) in [6.45, 7) is 6.48. The molecule has 6 nitrogen and oxygen atoms in total. The van der Waals surface area contributed by atoms with Crippen molar-refractivity contribution in [2.24, 2.45) is 0 Å². The Morgan fingerprint density at radius 3 is 2.11 bits per heavy atom. The summed E-state index contributed by atoms with van der Waals surface area (Å²) in [4.78, 5) is 31.1. The van der Waals surface area contributed by atoms with Gasteiger partial charge in [0.2, 0.25) is 11.8 Å². The average molecular weight is 391 g/mol. The van der Waals surface area contributed by atoms with Crippen molar-refractivity contribution in [1.82, 2.24) is 14.7 Å². The number of hydrogen-bond donors (Lipinski definition) is 1. The van der Waals surface area contributed by atoms with E-state index >= 15 is 0 Å². The van der Waals surface area contributed by atoms with Crippen molar-refractivity contribution in [3.63, 3.8) is 0 Å². The van der Waals surface area contributed by atoms with Crippen LogP contribution in [0.1, 0.15) is 32.1 Å². The molecular formula is C21H31FN4O2. The Bertz CT molecular complexity index is 636. The number of nitrogens with zero attached hydrogens (tertiary/aromatic N) is 3. The second-order valence-electron chi connectivity index (χ2n) is 7.72. The third-order valence-electron chi connectivity index (χ3n) is 5.57. The number of carbonyl (C=O) groups excluding carboxylic acids is 2. The fourth-order valence-corrected chi connectivity index (χ4v) is 3.80. The Morgan fingerprint density at radius 1 is 0.857 bits per heavy atom. The predicted octanol–water partition coefficient (Wildman–Crippen LogP) is 2.17. The van der Waals surface area contributed by atoms with Crippen LogP contribution >= 0.6 is 0 Å². The minimum atomic E-state index is -0.315. The van der Waals surface area contributed by atoms with E-state index in [4.69, 9.17) is 0 Å². The highest BCUT2D eigenvalue weighted by molar-refractivity contribution is 5.90. The molecular weight excluding hydrogens is 359 g/mol. The number of halogens is 1. The summed E-state index contributed by atoms with van der Waals surface area (Å²) in [5.74, 6) is -0.121. The van der Waals surface area contributed by atoms with Crippen LogP contribution in [-0.2, 0) is 9.59 Å². The summed E-state index contributed by atoms with van der Waals surface area (Å²) in [7, 11) is 0. The van der Waals surface area contributed by atoms with E-state index in [0.29, 0.717) is 25.2 Å². The minimum Gasteiger partial charge on any atom is -0.342 e. The van der Waals surface area contributed by atoms with Gasteiger partial charge in [0.25, 0.3) is 0 Å². The standard InChI is InChI=1S/C21H31FN4O2/c22-18-5-7-19(8-6-18)23-20(27)9-12-24-13-15-25(16-14-24)17-21(28)26-10-3-1-2-4-11-26/h5-8H,1-4,9-17H2,(H,23,27). The van der Waals surface area contributed by atoms with Crippen LogP contribution in [0, 0.1) is 5.82 Å². The zero-order chi connectivity index (χ0) is 19.8. The normalized spacial score (nSPS) is 19.2. The average Bonchev–Trinajstić information content (AvgIpc) is 2.99. The highest BCUT2D eigenvalue weighted by Crippen LogP contribution is 2.12. The van der Waals surface area contributed by atoms with Crippen molar-refractivity contribution in [1.29, 1.82) is 0 Å². The number of anilines is 1. The number of nitrogens with one attached hydrogen (secondary N) is 1. The molecule has 1 aromatic rings. The van der Waals surface area contributed by atoms with E-state index in [1.54, 1.807) is 12.1 Å². The fraction of sp³-hybridized carbons (Fsp3) is 0.619. The summed E-state index contributed by atoms with van der Waals surface area (Å²) >= 11 is 0. The van der Waals surface area contributed by atoms with Crippen molar-refractivity contribution >= 4 is 17.5 Å². The number of hydrogen-bond acceptors (Lipinski definition) is 4. The summed E-state index contributed by atoms with van der Waals surface area (Å²) in [5, 5.41) is 2.79. The number of amides is 2. The first-order chi connectivity index (χ1) is 13.6. The number of rotatable bonds is 6. The van der Waals surface area contributed by atoms with Gasteiger partial charge in [0.05, 0.1) is 6.54 Å². The van der Waals surface area contributed by atoms with Crippen molar-refractivity contribution < 1.29 is 14.0 Å². The lowest BCUT2D eigenvalue weighted by molar-refractivity contribution is -0.132. The van der Waals surface area contributed by atoms with Crippen molar-refractivity contribution in [3.05, 3.63) is 30.1 Å². The van der Waals surface area contributed by atoms with Crippen LogP contribution in [0.15, 0.2) is 24.3 Å². The van der Waals surface area contributed by atoms with E-state index in [9.17, 15) is 14.0 Å².